The first kappa shape index (κ1) is 12.2. The molecule has 2 aromatic heterocycles. The van der Waals surface area contributed by atoms with Crippen molar-refractivity contribution in [2.24, 2.45) is 7.05 Å². The molecule has 0 bridgehead atoms. The van der Waals surface area contributed by atoms with Crippen LogP contribution in [0.4, 0.5) is 0 Å². The zero-order valence-corrected chi connectivity index (χ0v) is 10.4. The average molecular weight is 250 g/mol. The van der Waals surface area contributed by atoms with E-state index >= 15 is 0 Å². The van der Waals surface area contributed by atoms with Crippen LogP contribution >= 0.6 is 0 Å². The highest BCUT2D eigenvalue weighted by Gasteiger charge is 2.37. The van der Waals surface area contributed by atoms with Crippen LogP contribution in [0.5, 0.6) is 0 Å². The van der Waals surface area contributed by atoms with Gasteiger partial charge in [0.05, 0.1) is 0 Å². The Kier molecular flexibility index (Phi) is 2.85. The molecule has 0 aliphatic carbocycles. The smallest absolute Gasteiger partial charge is 0.331 e. The van der Waals surface area contributed by atoms with Crippen molar-refractivity contribution < 1.29 is 9.90 Å². The van der Waals surface area contributed by atoms with Gasteiger partial charge in [0.2, 0.25) is 5.82 Å². The molecule has 18 heavy (non-hydrogen) atoms. The van der Waals surface area contributed by atoms with Crippen LogP contribution in [-0.4, -0.2) is 41.1 Å². The summed E-state index contributed by atoms with van der Waals surface area (Å²) in [7, 11) is 1.75. The van der Waals surface area contributed by atoms with E-state index in [9.17, 15) is 9.90 Å². The monoisotopic (exact) mass is 250 g/mol. The van der Waals surface area contributed by atoms with E-state index in [0.29, 0.717) is 17.9 Å². The second-order valence-corrected chi connectivity index (χ2v) is 4.19. The van der Waals surface area contributed by atoms with E-state index in [-0.39, 0.29) is 0 Å². The van der Waals surface area contributed by atoms with Crippen LogP contribution in [0.2, 0.25) is 0 Å². The Morgan fingerprint density at radius 1 is 1.56 bits per heavy atom. The number of tetrazole rings is 1. The summed E-state index contributed by atoms with van der Waals surface area (Å²) in [5.41, 5.74) is -0.510. The maximum Gasteiger partial charge on any atom is 0.331 e. The van der Waals surface area contributed by atoms with E-state index in [1.807, 2.05) is 0 Å². The standard InChI is InChI=1S/C10H14N6O2/c1-4-10(2,9(17)18)16-8(12-13-14-16)7-5-6-11-15(7)3/h5-6H,4H2,1-3H3,(H,17,18). The quantitative estimate of drug-likeness (QED) is 0.837. The minimum absolute atomic E-state index is 0.373. The summed E-state index contributed by atoms with van der Waals surface area (Å²) in [4.78, 5) is 11.4. The van der Waals surface area contributed by atoms with E-state index in [1.165, 1.54) is 4.68 Å². The lowest BCUT2D eigenvalue weighted by atomic mass is 9.99. The fourth-order valence-corrected chi connectivity index (χ4v) is 1.66. The topological polar surface area (TPSA) is 98.7 Å². The van der Waals surface area contributed by atoms with Crippen molar-refractivity contribution in [3.63, 3.8) is 0 Å². The average Bonchev–Trinajstić information content (AvgIpc) is 2.95. The third-order valence-corrected chi connectivity index (χ3v) is 3.14. The minimum Gasteiger partial charge on any atom is -0.479 e. The number of carboxylic acids is 1. The number of hydrogen-bond acceptors (Lipinski definition) is 5. The van der Waals surface area contributed by atoms with Crippen molar-refractivity contribution in [2.45, 2.75) is 25.8 Å². The van der Waals surface area contributed by atoms with Gasteiger partial charge >= 0.3 is 5.97 Å². The van der Waals surface area contributed by atoms with E-state index in [0.717, 1.165) is 0 Å². The summed E-state index contributed by atoms with van der Waals surface area (Å²) in [5.74, 6) is -0.581. The normalized spacial score (nSPS) is 14.4. The zero-order chi connectivity index (χ0) is 13.3. The molecule has 96 valence electrons. The molecule has 1 N–H and O–H groups in total. The van der Waals surface area contributed by atoms with Crippen LogP contribution in [0.25, 0.3) is 11.5 Å². The number of aryl methyl sites for hydroxylation is 1. The van der Waals surface area contributed by atoms with Crippen LogP contribution < -0.4 is 0 Å². The highest BCUT2D eigenvalue weighted by Crippen LogP contribution is 2.25. The van der Waals surface area contributed by atoms with Gasteiger partial charge in [-0.3, -0.25) is 4.68 Å². The van der Waals surface area contributed by atoms with Crippen LogP contribution in [0, 0.1) is 0 Å². The van der Waals surface area contributed by atoms with Gasteiger partial charge in [0.15, 0.2) is 5.54 Å². The summed E-state index contributed by atoms with van der Waals surface area (Å²) < 4.78 is 2.92. The number of rotatable bonds is 4. The van der Waals surface area contributed by atoms with Crippen molar-refractivity contribution in [3.05, 3.63) is 12.3 Å². The number of carbonyl (C=O) groups is 1. The first-order chi connectivity index (χ1) is 8.50. The maximum atomic E-state index is 11.4. The van der Waals surface area contributed by atoms with Crippen molar-refractivity contribution >= 4 is 5.97 Å². The van der Waals surface area contributed by atoms with Gasteiger partial charge in [-0.05, 0) is 29.8 Å². The lowest BCUT2D eigenvalue weighted by molar-refractivity contribution is -0.147. The van der Waals surface area contributed by atoms with Crippen LogP contribution in [0.1, 0.15) is 20.3 Å². The number of nitrogens with zero attached hydrogens (tertiary/aromatic N) is 6. The van der Waals surface area contributed by atoms with Gasteiger partial charge in [-0.2, -0.15) is 5.10 Å². The summed E-state index contributed by atoms with van der Waals surface area (Å²) in [5, 5.41) is 24.7. The molecule has 1 atom stereocenters. The molecule has 0 saturated carbocycles. The first-order valence-corrected chi connectivity index (χ1v) is 5.51. The predicted octanol–water partition coefficient (Wildman–Crippen LogP) is 0.283. The molecular formula is C10H14N6O2. The van der Waals surface area contributed by atoms with Crippen molar-refractivity contribution in [2.75, 3.05) is 0 Å². The predicted molar refractivity (Wildman–Crippen MR) is 61.6 cm³/mol. The van der Waals surface area contributed by atoms with Crippen molar-refractivity contribution in [3.8, 4) is 11.5 Å². The summed E-state index contributed by atoms with van der Waals surface area (Å²) in [6.45, 7) is 3.37. The van der Waals surface area contributed by atoms with Crippen LogP contribution in [0.15, 0.2) is 12.3 Å². The second-order valence-electron chi connectivity index (χ2n) is 4.19. The molecular weight excluding hydrogens is 236 g/mol. The van der Waals surface area contributed by atoms with E-state index in [1.54, 1.807) is 37.8 Å². The molecule has 2 aromatic rings. The van der Waals surface area contributed by atoms with E-state index in [2.05, 4.69) is 20.6 Å². The Balaban J connectivity index is 2.58. The Hall–Kier alpha value is -2.25. The van der Waals surface area contributed by atoms with Crippen LogP contribution in [0.3, 0.4) is 0 Å². The Labute approximate surface area is 103 Å². The number of aromatic nitrogens is 6. The fourth-order valence-electron chi connectivity index (χ4n) is 1.66. The lowest BCUT2D eigenvalue weighted by Gasteiger charge is -2.23. The molecule has 0 saturated heterocycles. The number of hydrogen-bond donors (Lipinski definition) is 1. The lowest BCUT2D eigenvalue weighted by Crippen LogP contribution is -2.39. The van der Waals surface area contributed by atoms with E-state index in [4.69, 9.17) is 0 Å². The Morgan fingerprint density at radius 2 is 2.28 bits per heavy atom. The van der Waals surface area contributed by atoms with Gasteiger partial charge in [-0.25, -0.2) is 9.48 Å². The van der Waals surface area contributed by atoms with Gasteiger partial charge in [0.25, 0.3) is 0 Å². The molecule has 0 aliphatic rings. The molecule has 2 heterocycles. The third-order valence-electron chi connectivity index (χ3n) is 3.14. The Bertz CT molecular complexity index is 574. The maximum absolute atomic E-state index is 11.4. The summed E-state index contributed by atoms with van der Waals surface area (Å²) >= 11 is 0. The largest absolute Gasteiger partial charge is 0.479 e. The van der Waals surface area contributed by atoms with Gasteiger partial charge in [0, 0.05) is 13.2 Å². The molecule has 0 radical (unpaired) electrons. The third kappa shape index (κ3) is 1.66. The molecule has 0 spiro atoms. The van der Waals surface area contributed by atoms with E-state index < -0.39 is 11.5 Å². The molecule has 2 rings (SSSR count). The molecule has 8 heteroatoms. The van der Waals surface area contributed by atoms with Crippen molar-refractivity contribution in [1.29, 1.82) is 0 Å². The van der Waals surface area contributed by atoms with Gasteiger partial charge in [0.1, 0.15) is 5.69 Å². The van der Waals surface area contributed by atoms with Gasteiger partial charge in [-0.1, -0.05) is 6.92 Å². The molecule has 1 unspecified atom stereocenters. The Morgan fingerprint density at radius 3 is 2.78 bits per heavy atom. The molecule has 8 nitrogen and oxygen atoms in total. The first-order valence-electron chi connectivity index (χ1n) is 5.51. The summed E-state index contributed by atoms with van der Waals surface area (Å²) in [6.07, 6.45) is 1.98. The minimum atomic E-state index is -1.18. The SMILES string of the molecule is CCC(C)(C(=O)O)n1nnnc1-c1ccnn1C. The van der Waals surface area contributed by atoms with Gasteiger partial charge in [-0.15, -0.1) is 5.10 Å². The fraction of sp³-hybridized carbons (Fsp3) is 0.500. The van der Waals surface area contributed by atoms with Gasteiger partial charge < -0.3 is 5.11 Å². The highest BCUT2D eigenvalue weighted by atomic mass is 16.4. The molecule has 0 aliphatic heterocycles. The zero-order valence-electron chi connectivity index (χ0n) is 10.4. The number of carboxylic acid groups (broad SMARTS) is 1. The summed E-state index contributed by atoms with van der Waals surface area (Å²) in [6, 6.07) is 1.74. The molecule has 0 amide bonds. The van der Waals surface area contributed by atoms with Crippen molar-refractivity contribution in [1.82, 2.24) is 30.0 Å². The number of aliphatic carboxylic acids is 1. The van der Waals surface area contributed by atoms with Crippen LogP contribution in [-0.2, 0) is 17.4 Å². The molecule has 0 aromatic carbocycles. The second kappa shape index (κ2) is 4.21. The molecule has 0 fully saturated rings. The highest BCUT2D eigenvalue weighted by molar-refractivity contribution is 5.76.